The predicted octanol–water partition coefficient (Wildman–Crippen LogP) is 2.59. The van der Waals surface area contributed by atoms with Crippen LogP contribution in [0.15, 0.2) is 59.7 Å². The Morgan fingerprint density at radius 2 is 1.86 bits per heavy atom. The number of nitrogens with one attached hydrogen (secondary N) is 2. The Morgan fingerprint density at radius 1 is 1.18 bits per heavy atom. The Morgan fingerprint density at radius 3 is 2.50 bits per heavy atom. The van der Waals surface area contributed by atoms with E-state index in [-0.39, 0.29) is 5.69 Å². The van der Waals surface area contributed by atoms with Crippen molar-refractivity contribution >= 4 is 29.2 Å². The van der Waals surface area contributed by atoms with Gasteiger partial charge in [0.05, 0.1) is 11.1 Å². The van der Waals surface area contributed by atoms with Crippen molar-refractivity contribution in [3.8, 4) is 0 Å². The smallest absolute Gasteiger partial charge is 0.269 e. The molecule has 2 aromatic rings. The summed E-state index contributed by atoms with van der Waals surface area (Å²) in [6.45, 7) is 0.611. The fraction of sp³-hybridized carbons (Fsp3) is 0.0667. The van der Waals surface area contributed by atoms with Gasteiger partial charge in [0, 0.05) is 18.7 Å². The zero-order valence-corrected chi connectivity index (χ0v) is 12.4. The lowest BCUT2D eigenvalue weighted by atomic mass is 10.2. The van der Waals surface area contributed by atoms with E-state index >= 15 is 0 Å². The van der Waals surface area contributed by atoms with Crippen LogP contribution < -0.4 is 10.7 Å². The van der Waals surface area contributed by atoms with Crippen molar-refractivity contribution in [1.82, 2.24) is 10.7 Å². The van der Waals surface area contributed by atoms with Gasteiger partial charge in [-0.05, 0) is 35.5 Å². The summed E-state index contributed by atoms with van der Waals surface area (Å²) in [6.07, 6.45) is 1.54. The molecule has 0 fully saturated rings. The van der Waals surface area contributed by atoms with Gasteiger partial charge in [-0.25, -0.2) is 0 Å². The molecule has 0 unspecified atom stereocenters. The SMILES string of the molecule is O=[N+]([O-])c1ccc(/C=N\NC(=S)NCc2ccccc2)cc1. The van der Waals surface area contributed by atoms with E-state index in [1.807, 2.05) is 30.3 Å². The molecule has 0 heterocycles. The maximum absolute atomic E-state index is 10.5. The largest absolute Gasteiger partial charge is 0.357 e. The average Bonchev–Trinajstić information content (AvgIpc) is 2.54. The molecule has 0 atom stereocenters. The highest BCUT2D eigenvalue weighted by Crippen LogP contribution is 2.10. The van der Waals surface area contributed by atoms with Gasteiger partial charge >= 0.3 is 0 Å². The third kappa shape index (κ3) is 4.95. The maximum atomic E-state index is 10.5. The molecule has 112 valence electrons. The standard InChI is InChI=1S/C15H14N4O2S/c20-19(21)14-8-6-13(7-9-14)11-17-18-15(22)16-10-12-4-2-1-3-5-12/h1-9,11H,10H2,(H2,16,18,22)/b17-11-. The Balaban J connectivity index is 1.79. The molecule has 0 saturated heterocycles. The van der Waals surface area contributed by atoms with Gasteiger partial charge in [-0.3, -0.25) is 15.5 Å². The number of hydrogen-bond donors (Lipinski definition) is 2. The summed E-state index contributed by atoms with van der Waals surface area (Å²) in [5, 5.41) is 17.9. The number of nitrogens with zero attached hydrogens (tertiary/aromatic N) is 2. The summed E-state index contributed by atoms with van der Waals surface area (Å²) < 4.78 is 0. The van der Waals surface area contributed by atoms with E-state index < -0.39 is 4.92 Å². The molecule has 22 heavy (non-hydrogen) atoms. The van der Waals surface area contributed by atoms with E-state index in [2.05, 4.69) is 15.8 Å². The Hall–Kier alpha value is -2.80. The second kappa shape index (κ2) is 7.84. The van der Waals surface area contributed by atoms with Crippen LogP contribution in [-0.4, -0.2) is 16.3 Å². The van der Waals surface area contributed by atoms with Crippen molar-refractivity contribution in [2.75, 3.05) is 0 Å². The predicted molar refractivity (Wildman–Crippen MR) is 89.7 cm³/mol. The Labute approximate surface area is 133 Å². The molecule has 0 radical (unpaired) electrons. The molecule has 7 heteroatoms. The molecular formula is C15H14N4O2S. The lowest BCUT2D eigenvalue weighted by Gasteiger charge is -2.06. The van der Waals surface area contributed by atoms with Crippen LogP contribution in [0.2, 0.25) is 0 Å². The van der Waals surface area contributed by atoms with Gasteiger partial charge in [0.25, 0.3) is 5.69 Å². The van der Waals surface area contributed by atoms with Crippen LogP contribution in [0, 0.1) is 10.1 Å². The van der Waals surface area contributed by atoms with Gasteiger partial charge in [0.2, 0.25) is 0 Å². The van der Waals surface area contributed by atoms with Crippen LogP contribution >= 0.6 is 12.2 Å². The normalized spacial score (nSPS) is 10.4. The zero-order valence-electron chi connectivity index (χ0n) is 11.6. The number of non-ortho nitro benzene ring substituents is 1. The van der Waals surface area contributed by atoms with Crippen LogP contribution in [0.3, 0.4) is 0 Å². The molecule has 0 aliphatic heterocycles. The van der Waals surface area contributed by atoms with Crippen LogP contribution in [-0.2, 0) is 6.54 Å². The van der Waals surface area contributed by atoms with Gasteiger partial charge in [0.1, 0.15) is 0 Å². The Bertz CT molecular complexity index is 672. The summed E-state index contributed by atoms with van der Waals surface area (Å²) in [6, 6.07) is 15.9. The third-order valence-corrected chi connectivity index (χ3v) is 3.02. The second-order valence-corrected chi connectivity index (χ2v) is 4.80. The lowest BCUT2D eigenvalue weighted by molar-refractivity contribution is -0.384. The van der Waals surface area contributed by atoms with E-state index in [1.54, 1.807) is 18.3 Å². The van der Waals surface area contributed by atoms with Crippen molar-refractivity contribution in [3.05, 3.63) is 75.8 Å². The summed E-state index contributed by atoms with van der Waals surface area (Å²) in [5.74, 6) is 0. The molecule has 0 spiro atoms. The molecule has 2 N–H and O–H groups in total. The quantitative estimate of drug-likeness (QED) is 0.384. The van der Waals surface area contributed by atoms with Gasteiger partial charge in [0.15, 0.2) is 5.11 Å². The molecule has 0 aliphatic rings. The van der Waals surface area contributed by atoms with Crippen LogP contribution in [0.5, 0.6) is 0 Å². The molecule has 0 aromatic heterocycles. The topological polar surface area (TPSA) is 79.6 Å². The molecule has 0 bridgehead atoms. The van der Waals surface area contributed by atoms with Gasteiger partial charge < -0.3 is 5.32 Å². The van der Waals surface area contributed by atoms with Crippen LogP contribution in [0.25, 0.3) is 0 Å². The highest BCUT2D eigenvalue weighted by molar-refractivity contribution is 7.80. The highest BCUT2D eigenvalue weighted by Gasteiger charge is 2.02. The number of thiocarbonyl (C=S) groups is 1. The maximum Gasteiger partial charge on any atom is 0.269 e. The highest BCUT2D eigenvalue weighted by atomic mass is 32.1. The lowest BCUT2D eigenvalue weighted by Crippen LogP contribution is -2.31. The van der Waals surface area contributed by atoms with E-state index in [0.29, 0.717) is 11.7 Å². The van der Waals surface area contributed by atoms with Gasteiger partial charge in [-0.1, -0.05) is 30.3 Å². The minimum Gasteiger partial charge on any atom is -0.357 e. The molecule has 0 amide bonds. The number of benzene rings is 2. The average molecular weight is 314 g/mol. The Kier molecular flexibility index (Phi) is 5.56. The number of nitro benzene ring substituents is 1. The molecular weight excluding hydrogens is 300 g/mol. The number of nitro groups is 1. The first-order valence-corrected chi connectivity index (χ1v) is 6.91. The summed E-state index contributed by atoms with van der Waals surface area (Å²) in [4.78, 5) is 10.1. The van der Waals surface area contributed by atoms with Crippen molar-refractivity contribution in [1.29, 1.82) is 0 Å². The van der Waals surface area contributed by atoms with E-state index in [4.69, 9.17) is 12.2 Å². The number of hydrazone groups is 1. The molecule has 0 aliphatic carbocycles. The first-order chi connectivity index (χ1) is 10.6. The summed E-state index contributed by atoms with van der Waals surface area (Å²) >= 11 is 5.10. The fourth-order valence-corrected chi connectivity index (χ4v) is 1.79. The van der Waals surface area contributed by atoms with Crippen molar-refractivity contribution in [2.45, 2.75) is 6.54 Å². The van der Waals surface area contributed by atoms with E-state index in [9.17, 15) is 10.1 Å². The zero-order chi connectivity index (χ0) is 15.8. The van der Waals surface area contributed by atoms with Crippen molar-refractivity contribution in [2.24, 2.45) is 5.10 Å². The van der Waals surface area contributed by atoms with Crippen molar-refractivity contribution in [3.63, 3.8) is 0 Å². The van der Waals surface area contributed by atoms with E-state index in [1.165, 1.54) is 12.1 Å². The van der Waals surface area contributed by atoms with Crippen LogP contribution in [0.4, 0.5) is 5.69 Å². The summed E-state index contributed by atoms with van der Waals surface area (Å²) in [5.41, 5.74) is 4.60. The second-order valence-electron chi connectivity index (χ2n) is 4.39. The molecule has 0 saturated carbocycles. The first kappa shape index (κ1) is 15.6. The summed E-state index contributed by atoms with van der Waals surface area (Å²) in [7, 11) is 0. The van der Waals surface area contributed by atoms with Gasteiger partial charge in [-0.2, -0.15) is 5.10 Å². The van der Waals surface area contributed by atoms with Crippen molar-refractivity contribution < 1.29 is 4.92 Å². The number of rotatable bonds is 5. The van der Waals surface area contributed by atoms with Gasteiger partial charge in [-0.15, -0.1) is 0 Å². The molecule has 6 nitrogen and oxygen atoms in total. The fourth-order valence-electron chi connectivity index (χ4n) is 1.67. The minimum absolute atomic E-state index is 0.0464. The monoisotopic (exact) mass is 314 g/mol. The number of hydrogen-bond acceptors (Lipinski definition) is 4. The third-order valence-electron chi connectivity index (χ3n) is 2.78. The van der Waals surface area contributed by atoms with E-state index in [0.717, 1.165) is 11.1 Å². The molecule has 2 aromatic carbocycles. The first-order valence-electron chi connectivity index (χ1n) is 6.50. The van der Waals surface area contributed by atoms with Crippen LogP contribution in [0.1, 0.15) is 11.1 Å². The molecule has 2 rings (SSSR count). The minimum atomic E-state index is -0.443.